The van der Waals surface area contributed by atoms with Gasteiger partial charge in [-0.2, -0.15) is 0 Å². The van der Waals surface area contributed by atoms with Gasteiger partial charge in [0.15, 0.2) is 0 Å². The third kappa shape index (κ3) is 3.61. The SMILES string of the molecule is C=CC(C)(C)NC(=O)C(=C)C. The van der Waals surface area contributed by atoms with E-state index in [1.807, 2.05) is 13.8 Å². The lowest BCUT2D eigenvalue weighted by molar-refractivity contribution is -0.118. The van der Waals surface area contributed by atoms with Crippen LogP contribution in [0, 0.1) is 0 Å². The third-order valence-electron chi connectivity index (χ3n) is 1.33. The molecule has 2 nitrogen and oxygen atoms in total. The molecule has 0 aromatic rings. The number of amides is 1. The predicted molar refractivity (Wildman–Crippen MR) is 47.2 cm³/mol. The summed E-state index contributed by atoms with van der Waals surface area (Å²) in [6.45, 7) is 12.6. The fourth-order valence-electron chi connectivity index (χ4n) is 0.450. The molecule has 62 valence electrons. The van der Waals surface area contributed by atoms with E-state index >= 15 is 0 Å². The molecule has 0 aliphatic carbocycles. The molecule has 0 bridgehead atoms. The highest BCUT2D eigenvalue weighted by Gasteiger charge is 2.15. The quantitative estimate of drug-likeness (QED) is 0.484. The van der Waals surface area contributed by atoms with Crippen molar-refractivity contribution in [2.75, 3.05) is 0 Å². The Bertz CT molecular complexity index is 192. The molecule has 0 aliphatic rings. The summed E-state index contributed by atoms with van der Waals surface area (Å²) in [5, 5.41) is 2.75. The molecule has 0 saturated heterocycles. The Hall–Kier alpha value is -1.05. The number of hydrogen-bond donors (Lipinski definition) is 1. The summed E-state index contributed by atoms with van der Waals surface area (Å²) in [5.41, 5.74) is 0.163. The van der Waals surface area contributed by atoms with Crippen LogP contribution in [0.25, 0.3) is 0 Å². The minimum absolute atomic E-state index is 0.130. The summed E-state index contributed by atoms with van der Waals surface area (Å²) < 4.78 is 0. The van der Waals surface area contributed by atoms with Crippen molar-refractivity contribution in [1.29, 1.82) is 0 Å². The van der Waals surface area contributed by atoms with Gasteiger partial charge in [0.05, 0.1) is 5.54 Å². The van der Waals surface area contributed by atoms with Gasteiger partial charge in [-0.3, -0.25) is 4.79 Å². The van der Waals surface area contributed by atoms with E-state index in [9.17, 15) is 4.79 Å². The fraction of sp³-hybridized carbons (Fsp3) is 0.444. The Morgan fingerprint density at radius 2 is 2.00 bits per heavy atom. The smallest absolute Gasteiger partial charge is 0.246 e. The summed E-state index contributed by atoms with van der Waals surface area (Å²) in [7, 11) is 0. The average molecular weight is 153 g/mol. The van der Waals surface area contributed by atoms with Crippen LogP contribution in [0.15, 0.2) is 24.8 Å². The summed E-state index contributed by atoms with van der Waals surface area (Å²) >= 11 is 0. The second-order valence-corrected chi connectivity index (χ2v) is 3.16. The lowest BCUT2D eigenvalue weighted by Crippen LogP contribution is -2.41. The summed E-state index contributed by atoms with van der Waals surface area (Å²) in [5.74, 6) is -0.130. The van der Waals surface area contributed by atoms with Gasteiger partial charge in [-0.25, -0.2) is 0 Å². The molecule has 0 aromatic carbocycles. The maximum atomic E-state index is 11.1. The summed E-state index contributed by atoms with van der Waals surface area (Å²) in [4.78, 5) is 11.1. The van der Waals surface area contributed by atoms with Crippen molar-refractivity contribution in [1.82, 2.24) is 5.32 Å². The maximum absolute atomic E-state index is 11.1. The first kappa shape index (κ1) is 9.95. The number of carbonyl (C=O) groups excluding carboxylic acids is 1. The van der Waals surface area contributed by atoms with Crippen LogP contribution in [0.5, 0.6) is 0 Å². The summed E-state index contributed by atoms with van der Waals surface area (Å²) in [6, 6.07) is 0. The lowest BCUT2D eigenvalue weighted by atomic mass is 10.1. The van der Waals surface area contributed by atoms with Crippen LogP contribution in [0.1, 0.15) is 20.8 Å². The van der Waals surface area contributed by atoms with Gasteiger partial charge >= 0.3 is 0 Å². The van der Waals surface area contributed by atoms with Crippen LogP contribution in [0.4, 0.5) is 0 Å². The number of rotatable bonds is 3. The number of nitrogens with one attached hydrogen (secondary N) is 1. The van der Waals surface area contributed by atoms with Gasteiger partial charge in [0.1, 0.15) is 0 Å². The highest BCUT2D eigenvalue weighted by molar-refractivity contribution is 5.92. The molecular weight excluding hydrogens is 138 g/mol. The predicted octanol–water partition coefficient (Wildman–Crippen LogP) is 1.64. The van der Waals surface area contributed by atoms with Gasteiger partial charge in [0.25, 0.3) is 0 Å². The largest absolute Gasteiger partial charge is 0.344 e. The number of hydrogen-bond acceptors (Lipinski definition) is 1. The van der Waals surface area contributed by atoms with Crippen LogP contribution in [0.2, 0.25) is 0 Å². The van der Waals surface area contributed by atoms with Gasteiger partial charge < -0.3 is 5.32 Å². The van der Waals surface area contributed by atoms with E-state index < -0.39 is 0 Å². The van der Waals surface area contributed by atoms with Gasteiger partial charge in [-0.1, -0.05) is 12.7 Å². The van der Waals surface area contributed by atoms with Crippen LogP contribution < -0.4 is 5.32 Å². The molecule has 0 aliphatic heterocycles. The summed E-state index contributed by atoms with van der Waals surface area (Å²) in [6.07, 6.45) is 1.69. The molecule has 11 heavy (non-hydrogen) atoms. The van der Waals surface area contributed by atoms with Crippen molar-refractivity contribution in [3.8, 4) is 0 Å². The molecule has 0 rings (SSSR count). The standard InChI is InChI=1S/C9H15NO/c1-6-9(4,5)10-8(11)7(2)3/h6H,1-2H2,3-5H3,(H,10,11). The zero-order chi connectivity index (χ0) is 9.07. The van der Waals surface area contributed by atoms with Gasteiger partial charge in [0.2, 0.25) is 5.91 Å². The molecule has 0 radical (unpaired) electrons. The average Bonchev–Trinajstić information content (AvgIpc) is 1.87. The first-order valence-corrected chi connectivity index (χ1v) is 3.50. The molecule has 0 heterocycles. The first-order valence-electron chi connectivity index (χ1n) is 3.50. The van der Waals surface area contributed by atoms with Crippen LogP contribution in [0.3, 0.4) is 0 Å². The Morgan fingerprint density at radius 3 is 2.27 bits per heavy atom. The van der Waals surface area contributed by atoms with Crippen molar-refractivity contribution >= 4 is 5.91 Å². The van der Waals surface area contributed by atoms with Crippen molar-refractivity contribution < 1.29 is 4.79 Å². The topological polar surface area (TPSA) is 29.1 Å². The molecule has 0 unspecified atom stereocenters. The number of carbonyl (C=O) groups is 1. The van der Waals surface area contributed by atoms with E-state index in [-0.39, 0.29) is 11.4 Å². The minimum atomic E-state index is -0.351. The Morgan fingerprint density at radius 1 is 1.55 bits per heavy atom. The van der Waals surface area contributed by atoms with E-state index in [4.69, 9.17) is 0 Å². The molecular formula is C9H15NO. The van der Waals surface area contributed by atoms with Gasteiger partial charge in [-0.15, -0.1) is 6.58 Å². The van der Waals surface area contributed by atoms with Crippen LogP contribution in [-0.2, 0) is 4.79 Å². The molecule has 0 atom stereocenters. The van der Waals surface area contributed by atoms with Crippen molar-refractivity contribution in [3.05, 3.63) is 24.8 Å². The highest BCUT2D eigenvalue weighted by atomic mass is 16.1. The molecule has 1 amide bonds. The van der Waals surface area contributed by atoms with Gasteiger partial charge in [-0.05, 0) is 20.8 Å². The van der Waals surface area contributed by atoms with Gasteiger partial charge in [0, 0.05) is 5.57 Å². The van der Waals surface area contributed by atoms with E-state index in [1.165, 1.54) is 0 Å². The molecule has 2 heteroatoms. The Kier molecular flexibility index (Phi) is 3.05. The maximum Gasteiger partial charge on any atom is 0.246 e. The second kappa shape index (κ2) is 3.37. The lowest BCUT2D eigenvalue weighted by Gasteiger charge is -2.21. The van der Waals surface area contributed by atoms with E-state index in [0.29, 0.717) is 5.57 Å². The van der Waals surface area contributed by atoms with E-state index in [2.05, 4.69) is 18.5 Å². The molecule has 0 spiro atoms. The zero-order valence-corrected chi connectivity index (χ0v) is 7.40. The highest BCUT2D eigenvalue weighted by Crippen LogP contribution is 2.03. The zero-order valence-electron chi connectivity index (χ0n) is 7.40. The van der Waals surface area contributed by atoms with Crippen LogP contribution >= 0.6 is 0 Å². The second-order valence-electron chi connectivity index (χ2n) is 3.16. The fourth-order valence-corrected chi connectivity index (χ4v) is 0.450. The van der Waals surface area contributed by atoms with Crippen molar-refractivity contribution in [2.24, 2.45) is 0 Å². The van der Waals surface area contributed by atoms with E-state index in [0.717, 1.165) is 0 Å². The molecule has 0 aromatic heterocycles. The minimum Gasteiger partial charge on any atom is -0.344 e. The molecule has 1 N–H and O–H groups in total. The molecule has 0 fully saturated rings. The van der Waals surface area contributed by atoms with Crippen LogP contribution in [-0.4, -0.2) is 11.4 Å². The van der Waals surface area contributed by atoms with E-state index in [1.54, 1.807) is 13.0 Å². The van der Waals surface area contributed by atoms with Crippen molar-refractivity contribution in [3.63, 3.8) is 0 Å². The Balaban J connectivity index is 4.15. The first-order chi connectivity index (χ1) is 4.89. The monoisotopic (exact) mass is 153 g/mol. The Labute approximate surface area is 68.0 Å². The normalized spacial score (nSPS) is 10.5. The molecule has 0 saturated carbocycles. The van der Waals surface area contributed by atoms with Crippen molar-refractivity contribution in [2.45, 2.75) is 26.3 Å². The third-order valence-corrected chi connectivity index (χ3v) is 1.33.